The maximum Gasteiger partial charge on any atom is 0.362 e. The van der Waals surface area contributed by atoms with Crippen LogP contribution in [0.5, 0.6) is 0 Å². The third-order valence-electron chi connectivity index (χ3n) is 3.22. The van der Waals surface area contributed by atoms with Gasteiger partial charge in [-0.1, -0.05) is 12.1 Å². The van der Waals surface area contributed by atoms with E-state index in [1.54, 1.807) is 19.2 Å². The van der Waals surface area contributed by atoms with Gasteiger partial charge in [0, 0.05) is 32.2 Å². The fraction of sp³-hybridized carbons (Fsp3) is 0.375. The molecule has 7 nitrogen and oxygen atoms in total. The van der Waals surface area contributed by atoms with Gasteiger partial charge >= 0.3 is 11.7 Å². The van der Waals surface area contributed by atoms with Gasteiger partial charge in [-0.15, -0.1) is 0 Å². The Kier molecular flexibility index (Phi) is 5.99. The average molecular weight is 319 g/mol. The fourth-order valence-corrected chi connectivity index (χ4v) is 2.20. The van der Waals surface area contributed by atoms with Crippen LogP contribution in [0.2, 0.25) is 0 Å². The Hall–Kier alpha value is -2.54. The van der Waals surface area contributed by atoms with E-state index in [0.717, 1.165) is 5.39 Å². The molecule has 0 atom stereocenters. The number of hydrogen-bond acceptors (Lipinski definition) is 5. The van der Waals surface area contributed by atoms with Crippen molar-refractivity contribution in [1.82, 2.24) is 5.32 Å². The summed E-state index contributed by atoms with van der Waals surface area (Å²) in [5.41, 5.74) is 0.548. The molecule has 3 N–H and O–H groups in total. The Morgan fingerprint density at radius 1 is 1.26 bits per heavy atom. The lowest BCUT2D eigenvalue weighted by Crippen LogP contribution is -2.32. The average Bonchev–Trinajstić information content (AvgIpc) is 2.55. The van der Waals surface area contributed by atoms with Crippen LogP contribution in [-0.4, -0.2) is 32.8 Å². The molecule has 0 unspecified atom stereocenters. The zero-order valence-corrected chi connectivity index (χ0v) is 13.3. The van der Waals surface area contributed by atoms with E-state index in [0.29, 0.717) is 37.4 Å². The van der Waals surface area contributed by atoms with Crippen LogP contribution in [0, 0.1) is 0 Å². The Morgan fingerprint density at radius 3 is 2.78 bits per heavy atom. The predicted octanol–water partition coefficient (Wildman–Crippen LogP) is 2.38. The van der Waals surface area contributed by atoms with Gasteiger partial charge < -0.3 is 19.8 Å². The maximum atomic E-state index is 12.2. The first-order valence-electron chi connectivity index (χ1n) is 7.50. The molecule has 0 fully saturated rings. The highest BCUT2D eigenvalue weighted by Crippen LogP contribution is 2.28. The predicted molar refractivity (Wildman–Crippen MR) is 90.2 cm³/mol. The smallest absolute Gasteiger partial charge is 0.362 e. The van der Waals surface area contributed by atoms with E-state index < -0.39 is 11.7 Å². The monoisotopic (exact) mass is 319 g/mol. The van der Waals surface area contributed by atoms with E-state index in [2.05, 4.69) is 16.0 Å². The normalized spacial score (nSPS) is 10.5. The van der Waals surface area contributed by atoms with E-state index in [1.165, 1.54) is 0 Å². The molecule has 1 aromatic heterocycles. The highest BCUT2D eigenvalue weighted by Gasteiger charge is 2.16. The zero-order chi connectivity index (χ0) is 16.7. The summed E-state index contributed by atoms with van der Waals surface area (Å²) in [4.78, 5) is 24.1. The van der Waals surface area contributed by atoms with Gasteiger partial charge in [-0.2, -0.15) is 0 Å². The van der Waals surface area contributed by atoms with E-state index in [9.17, 15) is 9.59 Å². The number of ether oxygens (including phenoxy) is 1. The summed E-state index contributed by atoms with van der Waals surface area (Å²) < 4.78 is 10.2. The number of para-hydroxylation sites is 1. The SMILES string of the molecule is CCNc1c(NC(=O)NCCCOC)c(=O)oc2ccccc12. The van der Waals surface area contributed by atoms with Gasteiger partial charge in [0.15, 0.2) is 5.69 Å². The van der Waals surface area contributed by atoms with Crippen molar-refractivity contribution in [2.45, 2.75) is 13.3 Å². The summed E-state index contributed by atoms with van der Waals surface area (Å²) in [6.07, 6.45) is 0.691. The van der Waals surface area contributed by atoms with Crippen molar-refractivity contribution < 1.29 is 13.9 Å². The molecule has 124 valence electrons. The van der Waals surface area contributed by atoms with Crippen LogP contribution in [0.15, 0.2) is 33.5 Å². The quantitative estimate of drug-likeness (QED) is 0.538. The Morgan fingerprint density at radius 2 is 2.04 bits per heavy atom. The number of carbonyl (C=O) groups is 1. The number of benzene rings is 1. The van der Waals surface area contributed by atoms with Crippen LogP contribution in [0.1, 0.15) is 13.3 Å². The molecule has 0 aliphatic rings. The van der Waals surface area contributed by atoms with Gasteiger partial charge in [0.2, 0.25) is 0 Å². The van der Waals surface area contributed by atoms with Crippen LogP contribution >= 0.6 is 0 Å². The topological polar surface area (TPSA) is 92.6 Å². The molecule has 1 heterocycles. The second-order valence-corrected chi connectivity index (χ2v) is 4.89. The zero-order valence-electron chi connectivity index (χ0n) is 13.3. The van der Waals surface area contributed by atoms with Gasteiger partial charge in [-0.05, 0) is 25.5 Å². The minimum Gasteiger partial charge on any atom is -0.421 e. The molecular weight excluding hydrogens is 298 g/mol. The summed E-state index contributed by atoms with van der Waals surface area (Å²) in [6, 6.07) is 6.72. The van der Waals surface area contributed by atoms with Gasteiger partial charge in [-0.25, -0.2) is 9.59 Å². The third-order valence-corrected chi connectivity index (χ3v) is 3.22. The van der Waals surface area contributed by atoms with Crippen LogP contribution < -0.4 is 21.6 Å². The second-order valence-electron chi connectivity index (χ2n) is 4.89. The first-order chi connectivity index (χ1) is 11.2. The number of nitrogens with one attached hydrogen (secondary N) is 3. The fourth-order valence-electron chi connectivity index (χ4n) is 2.20. The number of amides is 2. The van der Waals surface area contributed by atoms with Crippen molar-refractivity contribution in [3.05, 3.63) is 34.7 Å². The highest BCUT2D eigenvalue weighted by molar-refractivity contribution is 6.01. The molecule has 0 aliphatic carbocycles. The standard InChI is InChI=1S/C16H21N3O4/c1-3-17-13-11-7-4-5-8-12(11)23-15(20)14(13)19-16(21)18-9-6-10-22-2/h4-5,7-8,17H,3,6,9-10H2,1-2H3,(H2,18,19,21). The summed E-state index contributed by atoms with van der Waals surface area (Å²) >= 11 is 0. The molecule has 2 aromatic rings. The lowest BCUT2D eigenvalue weighted by Gasteiger charge is -2.13. The molecule has 0 radical (unpaired) electrons. The molecule has 2 rings (SSSR count). The van der Waals surface area contributed by atoms with Crippen molar-refractivity contribution >= 4 is 28.4 Å². The summed E-state index contributed by atoms with van der Waals surface area (Å²) in [5, 5.41) is 9.10. The lowest BCUT2D eigenvalue weighted by atomic mass is 10.2. The number of methoxy groups -OCH3 is 1. The summed E-state index contributed by atoms with van der Waals surface area (Å²) in [7, 11) is 1.60. The Balaban J connectivity index is 2.25. The number of rotatable bonds is 7. The largest absolute Gasteiger partial charge is 0.421 e. The van der Waals surface area contributed by atoms with Crippen molar-refractivity contribution in [3.63, 3.8) is 0 Å². The molecule has 0 saturated heterocycles. The van der Waals surface area contributed by atoms with Gasteiger partial charge in [-0.3, -0.25) is 5.32 Å². The number of hydrogen-bond donors (Lipinski definition) is 3. The van der Waals surface area contributed by atoms with E-state index in [1.807, 2.05) is 19.1 Å². The first kappa shape index (κ1) is 16.8. The molecule has 0 spiro atoms. The van der Waals surface area contributed by atoms with Gasteiger partial charge in [0.25, 0.3) is 0 Å². The number of carbonyl (C=O) groups excluding carboxylic acids is 1. The molecule has 0 aliphatic heterocycles. The lowest BCUT2D eigenvalue weighted by molar-refractivity contribution is 0.194. The first-order valence-corrected chi connectivity index (χ1v) is 7.50. The molecule has 0 saturated carbocycles. The third kappa shape index (κ3) is 4.23. The summed E-state index contributed by atoms with van der Waals surface area (Å²) in [5.74, 6) is 0. The molecular formula is C16H21N3O4. The number of urea groups is 1. The Bertz CT molecular complexity index is 727. The van der Waals surface area contributed by atoms with E-state index in [4.69, 9.17) is 9.15 Å². The second kappa shape index (κ2) is 8.19. The van der Waals surface area contributed by atoms with Crippen LogP contribution in [0.4, 0.5) is 16.2 Å². The minimum absolute atomic E-state index is 0.106. The molecule has 0 bridgehead atoms. The minimum atomic E-state index is -0.591. The molecule has 1 aromatic carbocycles. The number of anilines is 2. The van der Waals surface area contributed by atoms with E-state index >= 15 is 0 Å². The highest BCUT2D eigenvalue weighted by atomic mass is 16.5. The van der Waals surface area contributed by atoms with Crippen LogP contribution in [0.3, 0.4) is 0 Å². The van der Waals surface area contributed by atoms with E-state index in [-0.39, 0.29) is 5.69 Å². The van der Waals surface area contributed by atoms with Crippen LogP contribution in [-0.2, 0) is 4.74 Å². The molecule has 2 amide bonds. The van der Waals surface area contributed by atoms with Gasteiger partial charge in [0.05, 0.1) is 5.69 Å². The van der Waals surface area contributed by atoms with Crippen molar-refractivity contribution in [2.75, 3.05) is 37.4 Å². The summed E-state index contributed by atoms with van der Waals surface area (Å²) in [6.45, 7) is 3.53. The Labute approximate surface area is 134 Å². The van der Waals surface area contributed by atoms with Crippen LogP contribution in [0.25, 0.3) is 11.0 Å². The van der Waals surface area contributed by atoms with Gasteiger partial charge in [0.1, 0.15) is 5.58 Å². The van der Waals surface area contributed by atoms with Crippen molar-refractivity contribution in [2.24, 2.45) is 0 Å². The number of fused-ring (bicyclic) bond motifs is 1. The molecule has 7 heteroatoms. The van der Waals surface area contributed by atoms with Crippen molar-refractivity contribution in [3.8, 4) is 0 Å². The van der Waals surface area contributed by atoms with Crippen molar-refractivity contribution in [1.29, 1.82) is 0 Å². The molecule has 23 heavy (non-hydrogen) atoms. The maximum absolute atomic E-state index is 12.2.